The molecule has 0 heterocycles. The van der Waals surface area contributed by atoms with Gasteiger partial charge in [-0.2, -0.15) is 13.2 Å². The Balaban J connectivity index is 2.84. The Morgan fingerprint density at radius 3 is 2.10 bits per heavy atom. The molecule has 0 aliphatic heterocycles. The summed E-state index contributed by atoms with van der Waals surface area (Å²) in [5, 5.41) is 19.2. The van der Waals surface area contributed by atoms with Crippen LogP contribution in [0.2, 0.25) is 0 Å². The van der Waals surface area contributed by atoms with Crippen molar-refractivity contribution in [3.05, 3.63) is 0 Å². The fourth-order valence-corrected chi connectivity index (χ4v) is 2.10. The zero-order chi connectivity index (χ0) is 16.0. The average Bonchev–Trinajstić information content (AvgIpc) is 2.21. The molecule has 0 radical (unpaired) electrons. The summed E-state index contributed by atoms with van der Waals surface area (Å²) in [5.41, 5.74) is -5.13. The van der Waals surface area contributed by atoms with E-state index in [1.165, 1.54) is 6.92 Å². The van der Waals surface area contributed by atoms with Crippen LogP contribution in [0, 0.1) is 5.41 Å². The number of aliphatic hydroxyl groups excluding tert-OH is 1. The molecule has 0 spiro atoms. The lowest BCUT2D eigenvalue weighted by Gasteiger charge is -2.45. The number of carbonyl (C=O) groups is 1. The maximum atomic E-state index is 12.8. The van der Waals surface area contributed by atoms with Crippen molar-refractivity contribution in [1.82, 2.24) is 0 Å². The molecule has 0 aromatic rings. The predicted octanol–water partition coefficient (Wildman–Crippen LogP) is 2.17. The Morgan fingerprint density at radius 2 is 1.75 bits per heavy atom. The maximum Gasteiger partial charge on any atom is 0.419 e. The standard InChI is InChI=1S/C13H21F3O4/c1-10(2,3)9(18)20-11(4)5-6-12(19,8(17)7-11)13(14,15)16/h8,17,19H,5-7H2,1-4H3. The van der Waals surface area contributed by atoms with Gasteiger partial charge in [0.25, 0.3) is 0 Å². The van der Waals surface area contributed by atoms with Gasteiger partial charge < -0.3 is 14.9 Å². The van der Waals surface area contributed by atoms with Crippen molar-refractivity contribution < 1.29 is 32.9 Å². The molecule has 3 atom stereocenters. The largest absolute Gasteiger partial charge is 0.459 e. The summed E-state index contributed by atoms with van der Waals surface area (Å²) in [6, 6.07) is 0. The van der Waals surface area contributed by atoms with Crippen LogP contribution in [0.5, 0.6) is 0 Å². The minimum atomic E-state index is -4.91. The number of aliphatic hydroxyl groups is 2. The van der Waals surface area contributed by atoms with Crippen LogP contribution in [0.15, 0.2) is 0 Å². The van der Waals surface area contributed by atoms with E-state index in [-0.39, 0.29) is 6.42 Å². The first-order valence-corrected chi connectivity index (χ1v) is 6.42. The van der Waals surface area contributed by atoms with Crippen LogP contribution in [0.25, 0.3) is 0 Å². The van der Waals surface area contributed by atoms with E-state index in [1.54, 1.807) is 20.8 Å². The van der Waals surface area contributed by atoms with Crippen molar-refractivity contribution in [2.24, 2.45) is 5.41 Å². The fraction of sp³-hybridized carbons (Fsp3) is 0.923. The van der Waals surface area contributed by atoms with Crippen molar-refractivity contribution in [2.45, 2.75) is 70.4 Å². The second-order valence-corrected chi connectivity index (χ2v) is 6.73. The summed E-state index contributed by atoms with van der Waals surface area (Å²) >= 11 is 0. The first kappa shape index (κ1) is 17.2. The number of esters is 1. The number of halogens is 3. The molecule has 0 saturated heterocycles. The van der Waals surface area contributed by atoms with Crippen molar-refractivity contribution in [1.29, 1.82) is 0 Å². The Kier molecular flexibility index (Phi) is 4.20. The normalized spacial score (nSPS) is 35.8. The van der Waals surface area contributed by atoms with Crippen LogP contribution in [0.3, 0.4) is 0 Å². The SMILES string of the molecule is CC1(OC(=O)C(C)(C)C)CCC(O)(C(F)(F)F)C(O)C1. The van der Waals surface area contributed by atoms with Gasteiger partial charge in [0.2, 0.25) is 0 Å². The molecule has 1 aliphatic rings. The molecule has 2 N–H and O–H groups in total. The first-order chi connectivity index (χ1) is 8.71. The van der Waals surface area contributed by atoms with E-state index in [0.29, 0.717) is 0 Å². The third-order valence-corrected chi connectivity index (χ3v) is 3.65. The van der Waals surface area contributed by atoms with Gasteiger partial charge in [-0.1, -0.05) is 0 Å². The molecular formula is C13H21F3O4. The Bertz CT molecular complexity index is 388. The third-order valence-electron chi connectivity index (χ3n) is 3.65. The van der Waals surface area contributed by atoms with Crippen molar-refractivity contribution in [3.8, 4) is 0 Å². The lowest BCUT2D eigenvalue weighted by molar-refractivity contribution is -0.310. The summed E-state index contributed by atoms with van der Waals surface area (Å²) in [4.78, 5) is 11.8. The van der Waals surface area contributed by atoms with E-state index < -0.39 is 47.7 Å². The van der Waals surface area contributed by atoms with Gasteiger partial charge in [-0.3, -0.25) is 4.79 Å². The summed E-state index contributed by atoms with van der Waals surface area (Å²) in [6.07, 6.45) is -8.26. The highest BCUT2D eigenvalue weighted by molar-refractivity contribution is 5.75. The van der Waals surface area contributed by atoms with Gasteiger partial charge in [0.05, 0.1) is 11.5 Å². The Morgan fingerprint density at radius 1 is 1.25 bits per heavy atom. The number of alkyl halides is 3. The lowest BCUT2D eigenvalue weighted by Crippen LogP contribution is -2.61. The molecule has 7 heteroatoms. The lowest BCUT2D eigenvalue weighted by atomic mass is 9.74. The Hall–Kier alpha value is -0.820. The van der Waals surface area contributed by atoms with Gasteiger partial charge in [0.15, 0.2) is 5.60 Å². The van der Waals surface area contributed by atoms with Crippen LogP contribution >= 0.6 is 0 Å². The summed E-state index contributed by atoms with van der Waals surface area (Å²) < 4.78 is 43.5. The fourth-order valence-electron chi connectivity index (χ4n) is 2.10. The molecule has 0 aromatic heterocycles. The molecule has 1 rings (SSSR count). The van der Waals surface area contributed by atoms with E-state index >= 15 is 0 Å². The second kappa shape index (κ2) is 4.87. The minimum absolute atomic E-state index is 0.165. The zero-order valence-corrected chi connectivity index (χ0v) is 12.0. The highest BCUT2D eigenvalue weighted by atomic mass is 19.4. The number of ether oxygens (including phenoxy) is 1. The summed E-state index contributed by atoms with van der Waals surface area (Å²) in [7, 11) is 0. The maximum absolute atomic E-state index is 12.8. The van der Waals surface area contributed by atoms with Gasteiger partial charge in [0.1, 0.15) is 5.60 Å². The van der Waals surface area contributed by atoms with Crippen LogP contribution in [-0.2, 0) is 9.53 Å². The molecule has 1 fully saturated rings. The van der Waals surface area contributed by atoms with Crippen molar-refractivity contribution >= 4 is 5.97 Å². The van der Waals surface area contributed by atoms with Crippen molar-refractivity contribution in [3.63, 3.8) is 0 Å². The molecule has 0 bridgehead atoms. The highest BCUT2D eigenvalue weighted by Gasteiger charge is 2.62. The molecule has 1 saturated carbocycles. The van der Waals surface area contributed by atoms with Gasteiger partial charge >= 0.3 is 12.1 Å². The summed E-state index contributed by atoms with van der Waals surface area (Å²) in [5.74, 6) is -0.551. The molecule has 20 heavy (non-hydrogen) atoms. The van der Waals surface area contributed by atoms with Gasteiger partial charge in [-0.15, -0.1) is 0 Å². The van der Waals surface area contributed by atoms with Crippen molar-refractivity contribution in [2.75, 3.05) is 0 Å². The molecule has 4 nitrogen and oxygen atoms in total. The van der Waals surface area contributed by atoms with E-state index in [0.717, 1.165) is 0 Å². The van der Waals surface area contributed by atoms with Crippen LogP contribution in [0.1, 0.15) is 47.0 Å². The van der Waals surface area contributed by atoms with E-state index in [1.807, 2.05) is 0 Å². The monoisotopic (exact) mass is 298 g/mol. The van der Waals surface area contributed by atoms with Gasteiger partial charge in [-0.05, 0) is 40.5 Å². The number of hydrogen-bond acceptors (Lipinski definition) is 4. The topological polar surface area (TPSA) is 66.8 Å². The number of hydrogen-bond donors (Lipinski definition) is 2. The number of carbonyl (C=O) groups excluding carboxylic acids is 1. The average molecular weight is 298 g/mol. The molecule has 1 aliphatic carbocycles. The van der Waals surface area contributed by atoms with Gasteiger partial charge in [0, 0.05) is 6.42 Å². The number of rotatable bonds is 1. The molecular weight excluding hydrogens is 277 g/mol. The summed E-state index contributed by atoms with van der Waals surface area (Å²) in [6.45, 7) is 6.35. The van der Waals surface area contributed by atoms with Crippen LogP contribution < -0.4 is 0 Å². The van der Waals surface area contributed by atoms with Gasteiger partial charge in [-0.25, -0.2) is 0 Å². The first-order valence-electron chi connectivity index (χ1n) is 6.42. The molecule has 0 amide bonds. The molecule has 0 aromatic carbocycles. The van der Waals surface area contributed by atoms with E-state index in [2.05, 4.69) is 0 Å². The second-order valence-electron chi connectivity index (χ2n) is 6.73. The predicted molar refractivity (Wildman–Crippen MR) is 64.8 cm³/mol. The van der Waals surface area contributed by atoms with E-state index in [9.17, 15) is 28.2 Å². The zero-order valence-electron chi connectivity index (χ0n) is 12.0. The van der Waals surface area contributed by atoms with E-state index in [4.69, 9.17) is 4.74 Å². The molecule has 118 valence electrons. The smallest absolute Gasteiger partial charge is 0.419 e. The van der Waals surface area contributed by atoms with Crippen LogP contribution in [0.4, 0.5) is 13.2 Å². The Labute approximate surface area is 115 Å². The quantitative estimate of drug-likeness (QED) is 0.728. The minimum Gasteiger partial charge on any atom is -0.459 e. The third kappa shape index (κ3) is 3.25. The highest BCUT2D eigenvalue weighted by Crippen LogP contribution is 2.46. The molecule has 3 unspecified atom stereocenters. The van der Waals surface area contributed by atoms with Crippen LogP contribution in [-0.4, -0.2) is 39.7 Å².